The van der Waals surface area contributed by atoms with E-state index in [0.717, 1.165) is 11.3 Å². The molecule has 30 heavy (non-hydrogen) atoms. The van der Waals surface area contributed by atoms with Gasteiger partial charge in [-0.25, -0.2) is 0 Å². The normalized spacial score (nSPS) is 17.7. The summed E-state index contributed by atoms with van der Waals surface area (Å²) in [6.07, 6.45) is -0.296. The number of hydrogen-bond acceptors (Lipinski definition) is 4. The molecule has 0 saturated heterocycles. The van der Waals surface area contributed by atoms with Crippen LogP contribution in [0.15, 0.2) is 78.9 Å². The van der Waals surface area contributed by atoms with Crippen molar-refractivity contribution in [2.45, 2.75) is 18.6 Å². The van der Waals surface area contributed by atoms with Crippen molar-refractivity contribution in [3.8, 4) is 0 Å². The summed E-state index contributed by atoms with van der Waals surface area (Å²) in [6.45, 7) is 0.338. The van der Waals surface area contributed by atoms with Crippen LogP contribution in [0.2, 0.25) is 0 Å². The monoisotopic (exact) mass is 400 g/mol. The summed E-state index contributed by atoms with van der Waals surface area (Å²) in [6, 6.07) is 23.9. The molecule has 1 amide bonds. The molecule has 3 aromatic carbocycles. The van der Waals surface area contributed by atoms with Gasteiger partial charge in [-0.1, -0.05) is 48.5 Å². The minimum atomic E-state index is -1.87. The van der Waals surface area contributed by atoms with Crippen molar-refractivity contribution < 1.29 is 14.7 Å². The molecule has 0 unspecified atom stereocenters. The van der Waals surface area contributed by atoms with E-state index in [2.05, 4.69) is 0 Å². The minimum Gasteiger partial charge on any atom is -0.378 e. The van der Waals surface area contributed by atoms with Crippen molar-refractivity contribution in [1.82, 2.24) is 0 Å². The molecule has 1 atom stereocenters. The first kappa shape index (κ1) is 19.9. The Morgan fingerprint density at radius 2 is 1.57 bits per heavy atom. The number of anilines is 2. The van der Waals surface area contributed by atoms with E-state index < -0.39 is 11.5 Å². The first-order valence-electron chi connectivity index (χ1n) is 9.88. The first-order valence-corrected chi connectivity index (χ1v) is 9.88. The van der Waals surface area contributed by atoms with Crippen molar-refractivity contribution in [2.75, 3.05) is 23.9 Å². The summed E-state index contributed by atoms with van der Waals surface area (Å²) in [4.78, 5) is 29.8. The quantitative estimate of drug-likeness (QED) is 0.640. The molecule has 152 valence electrons. The fourth-order valence-corrected chi connectivity index (χ4v) is 3.88. The molecule has 0 radical (unpaired) electrons. The third-order valence-electron chi connectivity index (χ3n) is 5.54. The van der Waals surface area contributed by atoms with E-state index in [-0.39, 0.29) is 12.2 Å². The number of carbonyl (C=O) groups is 2. The summed E-state index contributed by atoms with van der Waals surface area (Å²) in [5, 5.41) is 11.4. The largest absolute Gasteiger partial charge is 0.378 e. The molecule has 5 nitrogen and oxygen atoms in total. The molecule has 0 bridgehead atoms. The molecular weight excluding hydrogens is 376 g/mol. The van der Waals surface area contributed by atoms with E-state index in [1.165, 1.54) is 0 Å². The number of amides is 1. The summed E-state index contributed by atoms with van der Waals surface area (Å²) in [7, 11) is 3.85. The lowest BCUT2D eigenvalue weighted by molar-refractivity contribution is -0.136. The lowest BCUT2D eigenvalue weighted by Gasteiger charge is -2.23. The maximum Gasteiger partial charge on any atom is 0.264 e. The highest BCUT2D eigenvalue weighted by molar-refractivity contribution is 6.10. The topological polar surface area (TPSA) is 60.9 Å². The number of para-hydroxylation sites is 1. The van der Waals surface area contributed by atoms with Gasteiger partial charge in [0.2, 0.25) is 0 Å². The second-order valence-electron chi connectivity index (χ2n) is 7.80. The number of carbonyl (C=O) groups excluding carboxylic acids is 2. The van der Waals surface area contributed by atoms with Crippen molar-refractivity contribution in [3.63, 3.8) is 0 Å². The van der Waals surface area contributed by atoms with Gasteiger partial charge in [-0.05, 0) is 35.9 Å². The predicted molar refractivity (Wildman–Crippen MR) is 118 cm³/mol. The highest BCUT2D eigenvalue weighted by atomic mass is 16.3. The van der Waals surface area contributed by atoms with Crippen LogP contribution in [-0.4, -0.2) is 30.9 Å². The number of benzene rings is 3. The van der Waals surface area contributed by atoms with Crippen LogP contribution in [0.1, 0.15) is 27.9 Å². The van der Waals surface area contributed by atoms with Crippen LogP contribution in [0, 0.1) is 0 Å². The molecule has 0 fully saturated rings. The molecule has 1 aliphatic rings. The van der Waals surface area contributed by atoms with Gasteiger partial charge in [0.1, 0.15) is 0 Å². The third-order valence-corrected chi connectivity index (χ3v) is 5.54. The van der Waals surface area contributed by atoms with Crippen molar-refractivity contribution in [3.05, 3.63) is 95.6 Å². The van der Waals surface area contributed by atoms with Crippen LogP contribution in [0.4, 0.5) is 11.4 Å². The van der Waals surface area contributed by atoms with Crippen LogP contribution in [0.3, 0.4) is 0 Å². The van der Waals surface area contributed by atoms with Crippen molar-refractivity contribution in [1.29, 1.82) is 0 Å². The van der Waals surface area contributed by atoms with Gasteiger partial charge in [0, 0.05) is 30.9 Å². The van der Waals surface area contributed by atoms with Gasteiger partial charge in [0.05, 0.1) is 18.7 Å². The maximum atomic E-state index is 13.3. The van der Waals surface area contributed by atoms with Gasteiger partial charge in [-0.3, -0.25) is 9.59 Å². The summed E-state index contributed by atoms with van der Waals surface area (Å²) >= 11 is 0. The third kappa shape index (κ3) is 3.48. The summed E-state index contributed by atoms with van der Waals surface area (Å²) in [5.41, 5.74) is 1.65. The van der Waals surface area contributed by atoms with Crippen LogP contribution >= 0.6 is 0 Å². The second-order valence-corrected chi connectivity index (χ2v) is 7.80. The van der Waals surface area contributed by atoms with Gasteiger partial charge in [0.15, 0.2) is 11.4 Å². The molecule has 1 N–H and O–H groups in total. The Bertz CT molecular complexity index is 1080. The van der Waals surface area contributed by atoms with E-state index in [4.69, 9.17) is 0 Å². The fraction of sp³-hybridized carbons (Fsp3) is 0.200. The van der Waals surface area contributed by atoms with Gasteiger partial charge < -0.3 is 14.9 Å². The molecule has 1 aliphatic heterocycles. The van der Waals surface area contributed by atoms with E-state index in [9.17, 15) is 14.7 Å². The number of Topliss-reactive ketones (excluding diaryl/α,β-unsaturated/α-hetero) is 1. The maximum absolute atomic E-state index is 13.3. The van der Waals surface area contributed by atoms with Crippen LogP contribution in [-0.2, 0) is 16.9 Å². The number of hydrogen-bond donors (Lipinski definition) is 1. The fourth-order valence-electron chi connectivity index (χ4n) is 3.88. The summed E-state index contributed by atoms with van der Waals surface area (Å²) < 4.78 is 0. The van der Waals surface area contributed by atoms with Crippen LogP contribution in [0.25, 0.3) is 0 Å². The number of ketones is 1. The molecule has 0 aliphatic carbocycles. The zero-order valence-corrected chi connectivity index (χ0v) is 17.1. The van der Waals surface area contributed by atoms with E-state index in [0.29, 0.717) is 23.4 Å². The Hall–Kier alpha value is -3.44. The van der Waals surface area contributed by atoms with E-state index in [1.54, 1.807) is 29.2 Å². The Morgan fingerprint density at radius 3 is 2.23 bits per heavy atom. The summed E-state index contributed by atoms with van der Waals surface area (Å²) in [5.74, 6) is -0.738. The predicted octanol–water partition coefficient (Wildman–Crippen LogP) is 3.76. The zero-order valence-electron chi connectivity index (χ0n) is 17.1. The Labute approximate surface area is 176 Å². The first-order chi connectivity index (χ1) is 14.4. The van der Waals surface area contributed by atoms with Crippen molar-refractivity contribution in [2.24, 2.45) is 0 Å². The number of rotatable bonds is 6. The number of fused-ring (bicyclic) bond motifs is 1. The van der Waals surface area contributed by atoms with Gasteiger partial charge in [-0.2, -0.15) is 0 Å². The second kappa shape index (κ2) is 7.76. The average molecular weight is 400 g/mol. The van der Waals surface area contributed by atoms with E-state index in [1.807, 2.05) is 73.6 Å². The SMILES string of the molecule is CN(C)c1ccc(C(=O)C[C@]2(O)C(=O)N(Cc3ccccc3)c3ccccc32)cc1. The highest BCUT2D eigenvalue weighted by Gasteiger charge is 2.50. The van der Waals surface area contributed by atoms with Gasteiger partial charge in [-0.15, -0.1) is 0 Å². The average Bonchev–Trinajstić information content (AvgIpc) is 2.96. The molecule has 3 aromatic rings. The molecular formula is C25H24N2O3. The molecule has 1 heterocycles. The Morgan fingerprint density at radius 1 is 0.933 bits per heavy atom. The lowest BCUT2D eigenvalue weighted by Crippen LogP contribution is -2.41. The molecule has 5 heteroatoms. The molecule has 0 aromatic heterocycles. The van der Waals surface area contributed by atoms with Crippen LogP contribution in [0.5, 0.6) is 0 Å². The molecule has 0 saturated carbocycles. The number of aliphatic hydroxyl groups is 1. The smallest absolute Gasteiger partial charge is 0.264 e. The lowest BCUT2D eigenvalue weighted by atomic mass is 9.88. The minimum absolute atomic E-state index is 0.271. The van der Waals surface area contributed by atoms with Gasteiger partial charge in [0.25, 0.3) is 5.91 Å². The van der Waals surface area contributed by atoms with Crippen molar-refractivity contribution >= 4 is 23.1 Å². The van der Waals surface area contributed by atoms with Gasteiger partial charge >= 0.3 is 0 Å². The van der Waals surface area contributed by atoms with Crippen LogP contribution < -0.4 is 9.80 Å². The Kier molecular flexibility index (Phi) is 5.14. The molecule has 0 spiro atoms. The number of nitrogens with zero attached hydrogens (tertiary/aromatic N) is 2. The van der Waals surface area contributed by atoms with E-state index >= 15 is 0 Å². The zero-order chi connectivity index (χ0) is 21.3. The standard InChI is InChI=1S/C25H24N2O3/c1-26(2)20-14-12-19(13-15-20)23(28)16-25(30)21-10-6-7-11-22(21)27(24(25)29)17-18-8-4-3-5-9-18/h3-15,30H,16-17H2,1-2H3/t25-/m1/s1. The molecule has 4 rings (SSSR count). The highest BCUT2D eigenvalue weighted by Crippen LogP contribution is 2.43. The Balaban J connectivity index is 1.63.